The average Bonchev–Trinajstić information content (AvgIpc) is 2.84. The van der Waals surface area contributed by atoms with Crippen LogP contribution in [0.2, 0.25) is 0 Å². The lowest BCUT2D eigenvalue weighted by Gasteiger charge is -2.26. The van der Waals surface area contributed by atoms with Crippen LogP contribution in [-0.2, 0) is 9.59 Å². The molecule has 16 heavy (non-hydrogen) atoms. The molecule has 0 radical (unpaired) electrons. The SMILES string of the molecule is CC(=O)N1CC(O)CC1C(=O)N1CCSC1. The lowest BCUT2D eigenvalue weighted by atomic mass is 10.1. The fourth-order valence-electron chi connectivity index (χ4n) is 2.19. The quantitative estimate of drug-likeness (QED) is 0.675. The molecule has 2 fully saturated rings. The highest BCUT2D eigenvalue weighted by Gasteiger charge is 2.39. The highest BCUT2D eigenvalue weighted by atomic mass is 32.2. The average molecular weight is 244 g/mol. The summed E-state index contributed by atoms with van der Waals surface area (Å²) < 4.78 is 0. The highest BCUT2D eigenvalue weighted by molar-refractivity contribution is 7.99. The van der Waals surface area contributed by atoms with E-state index in [9.17, 15) is 14.7 Å². The fourth-order valence-corrected chi connectivity index (χ4v) is 3.15. The second-order valence-corrected chi connectivity index (χ2v) is 5.29. The molecule has 6 heteroatoms. The van der Waals surface area contributed by atoms with Gasteiger partial charge in [0.15, 0.2) is 0 Å². The van der Waals surface area contributed by atoms with Gasteiger partial charge < -0.3 is 14.9 Å². The lowest BCUT2D eigenvalue weighted by molar-refractivity contribution is -0.141. The summed E-state index contributed by atoms with van der Waals surface area (Å²) in [6.45, 7) is 2.48. The van der Waals surface area contributed by atoms with E-state index in [1.165, 1.54) is 11.8 Å². The van der Waals surface area contributed by atoms with Crippen LogP contribution in [0.1, 0.15) is 13.3 Å². The zero-order valence-corrected chi connectivity index (χ0v) is 10.1. The van der Waals surface area contributed by atoms with Gasteiger partial charge >= 0.3 is 0 Å². The zero-order valence-electron chi connectivity index (χ0n) is 9.26. The number of thioether (sulfide) groups is 1. The third-order valence-electron chi connectivity index (χ3n) is 3.03. The number of aliphatic hydroxyl groups is 1. The molecule has 2 saturated heterocycles. The largest absolute Gasteiger partial charge is 0.391 e. The minimum Gasteiger partial charge on any atom is -0.391 e. The maximum absolute atomic E-state index is 12.1. The fraction of sp³-hybridized carbons (Fsp3) is 0.800. The van der Waals surface area contributed by atoms with Gasteiger partial charge in [0.2, 0.25) is 11.8 Å². The molecule has 0 bridgehead atoms. The predicted molar refractivity (Wildman–Crippen MR) is 60.8 cm³/mol. The Balaban J connectivity index is 2.06. The van der Waals surface area contributed by atoms with Gasteiger partial charge in [-0.3, -0.25) is 9.59 Å². The van der Waals surface area contributed by atoms with Crippen LogP contribution in [0.25, 0.3) is 0 Å². The number of β-amino-alcohol motifs (C(OH)–C–C–N with tert-alkyl or cyclic N) is 1. The number of hydrogen-bond acceptors (Lipinski definition) is 4. The van der Waals surface area contributed by atoms with Crippen LogP contribution in [0, 0.1) is 0 Å². The zero-order chi connectivity index (χ0) is 11.7. The molecule has 2 heterocycles. The smallest absolute Gasteiger partial charge is 0.246 e. The summed E-state index contributed by atoms with van der Waals surface area (Å²) in [6.07, 6.45) is -0.187. The van der Waals surface area contributed by atoms with E-state index in [4.69, 9.17) is 0 Å². The van der Waals surface area contributed by atoms with Gasteiger partial charge in [0.1, 0.15) is 6.04 Å². The Morgan fingerprint density at radius 1 is 1.44 bits per heavy atom. The van der Waals surface area contributed by atoms with Crippen molar-refractivity contribution in [2.45, 2.75) is 25.5 Å². The first-order chi connectivity index (χ1) is 7.59. The van der Waals surface area contributed by atoms with Crippen LogP contribution in [0.15, 0.2) is 0 Å². The molecule has 5 nitrogen and oxygen atoms in total. The molecule has 0 aromatic rings. The number of carbonyl (C=O) groups is 2. The van der Waals surface area contributed by atoms with Crippen molar-refractivity contribution >= 4 is 23.6 Å². The first-order valence-corrected chi connectivity index (χ1v) is 6.57. The van der Waals surface area contributed by atoms with E-state index in [-0.39, 0.29) is 18.4 Å². The van der Waals surface area contributed by atoms with Gasteiger partial charge in [0.05, 0.1) is 12.0 Å². The number of rotatable bonds is 1. The van der Waals surface area contributed by atoms with Crippen molar-refractivity contribution in [1.82, 2.24) is 9.80 Å². The normalized spacial score (nSPS) is 29.9. The summed E-state index contributed by atoms with van der Waals surface area (Å²) in [5.41, 5.74) is 0. The van der Waals surface area contributed by atoms with Crippen LogP contribution in [-0.4, -0.2) is 63.6 Å². The molecule has 0 aliphatic carbocycles. The van der Waals surface area contributed by atoms with Crippen molar-refractivity contribution in [3.63, 3.8) is 0 Å². The van der Waals surface area contributed by atoms with Crippen LogP contribution in [0.4, 0.5) is 0 Å². The van der Waals surface area contributed by atoms with E-state index in [1.807, 2.05) is 0 Å². The summed E-state index contributed by atoms with van der Waals surface area (Å²) in [4.78, 5) is 26.7. The van der Waals surface area contributed by atoms with Crippen molar-refractivity contribution < 1.29 is 14.7 Å². The van der Waals surface area contributed by atoms with E-state index in [1.54, 1.807) is 16.7 Å². The third-order valence-corrected chi connectivity index (χ3v) is 4.00. The van der Waals surface area contributed by atoms with Gasteiger partial charge in [-0.05, 0) is 0 Å². The lowest BCUT2D eigenvalue weighted by Crippen LogP contribution is -2.46. The van der Waals surface area contributed by atoms with Gasteiger partial charge in [-0.1, -0.05) is 0 Å². The van der Waals surface area contributed by atoms with Crippen molar-refractivity contribution in [1.29, 1.82) is 0 Å². The van der Waals surface area contributed by atoms with Gasteiger partial charge in [-0.2, -0.15) is 0 Å². The number of nitrogens with zero attached hydrogens (tertiary/aromatic N) is 2. The van der Waals surface area contributed by atoms with E-state index in [0.29, 0.717) is 12.3 Å². The molecule has 90 valence electrons. The first-order valence-electron chi connectivity index (χ1n) is 5.41. The summed E-state index contributed by atoms with van der Waals surface area (Å²) in [5.74, 6) is 1.51. The molecule has 0 aromatic heterocycles. The van der Waals surface area contributed by atoms with Crippen LogP contribution < -0.4 is 0 Å². The van der Waals surface area contributed by atoms with Gasteiger partial charge in [-0.25, -0.2) is 0 Å². The number of aliphatic hydroxyl groups excluding tert-OH is 1. The molecular formula is C10H16N2O3S. The standard InChI is InChI=1S/C10H16N2O3S/c1-7(13)12-5-8(14)4-9(12)10(15)11-2-3-16-6-11/h8-9,14H,2-6H2,1H3. The van der Waals surface area contributed by atoms with Gasteiger partial charge in [-0.15, -0.1) is 11.8 Å². The summed E-state index contributed by atoms with van der Waals surface area (Å²) in [5, 5.41) is 9.54. The minimum absolute atomic E-state index is 0.0169. The molecule has 2 atom stereocenters. The summed E-state index contributed by atoms with van der Waals surface area (Å²) in [7, 11) is 0. The second-order valence-electron chi connectivity index (χ2n) is 4.22. The third kappa shape index (κ3) is 2.17. The Morgan fingerprint density at radius 3 is 2.75 bits per heavy atom. The molecule has 2 aliphatic heterocycles. The Bertz CT molecular complexity index is 304. The minimum atomic E-state index is -0.562. The van der Waals surface area contributed by atoms with Gasteiger partial charge in [0, 0.05) is 32.2 Å². The van der Waals surface area contributed by atoms with E-state index >= 15 is 0 Å². The highest BCUT2D eigenvalue weighted by Crippen LogP contribution is 2.23. The molecule has 2 rings (SSSR count). The number of carbonyl (C=O) groups excluding carboxylic acids is 2. The Kier molecular flexibility index (Phi) is 3.39. The van der Waals surface area contributed by atoms with Crippen LogP contribution in [0.3, 0.4) is 0 Å². The van der Waals surface area contributed by atoms with Crippen molar-refractivity contribution in [2.75, 3.05) is 24.7 Å². The molecule has 2 unspecified atom stereocenters. The van der Waals surface area contributed by atoms with E-state index < -0.39 is 12.1 Å². The molecule has 2 amide bonds. The number of likely N-dealkylation sites (tertiary alicyclic amines) is 1. The molecule has 0 aromatic carbocycles. The predicted octanol–water partition coefficient (Wildman–Crippen LogP) is -0.499. The molecule has 0 spiro atoms. The molecule has 0 saturated carbocycles. The topological polar surface area (TPSA) is 60.9 Å². The van der Waals surface area contributed by atoms with Crippen molar-refractivity contribution in [2.24, 2.45) is 0 Å². The molecule has 1 N–H and O–H groups in total. The van der Waals surface area contributed by atoms with Crippen molar-refractivity contribution in [3.8, 4) is 0 Å². The van der Waals surface area contributed by atoms with Crippen LogP contribution >= 0.6 is 11.8 Å². The Morgan fingerprint density at radius 2 is 2.19 bits per heavy atom. The van der Waals surface area contributed by atoms with E-state index in [2.05, 4.69) is 0 Å². The Hall–Kier alpha value is -0.750. The number of hydrogen-bond donors (Lipinski definition) is 1. The second kappa shape index (κ2) is 4.63. The Labute approximate surface area is 98.8 Å². The van der Waals surface area contributed by atoms with E-state index in [0.717, 1.165) is 12.3 Å². The maximum atomic E-state index is 12.1. The molecule has 2 aliphatic rings. The monoisotopic (exact) mass is 244 g/mol. The maximum Gasteiger partial charge on any atom is 0.246 e. The summed E-state index contributed by atoms with van der Waals surface area (Å²) >= 11 is 1.72. The number of amides is 2. The first kappa shape index (κ1) is 11.7. The van der Waals surface area contributed by atoms with Gasteiger partial charge in [0.25, 0.3) is 0 Å². The summed E-state index contributed by atoms with van der Waals surface area (Å²) in [6, 6.07) is -0.453. The molecular weight excluding hydrogens is 228 g/mol. The van der Waals surface area contributed by atoms with Crippen LogP contribution in [0.5, 0.6) is 0 Å². The van der Waals surface area contributed by atoms with Crippen molar-refractivity contribution in [3.05, 3.63) is 0 Å².